The molecule has 0 heterocycles. The summed E-state index contributed by atoms with van der Waals surface area (Å²) in [5, 5.41) is 10.8. The highest BCUT2D eigenvalue weighted by molar-refractivity contribution is 5.95. The van der Waals surface area contributed by atoms with E-state index in [0.29, 0.717) is 24.3 Å². The summed E-state index contributed by atoms with van der Waals surface area (Å²) >= 11 is 0. The molecule has 29 heavy (non-hydrogen) atoms. The van der Waals surface area contributed by atoms with Crippen LogP contribution in [0.1, 0.15) is 43.4 Å². The standard InChI is InChI=1S/C22H26F3NO3/c1-4-5-6-19(20(27)15-7-9-16(10-8-15)22(23,24)25)21(28)26(2)17-11-13-18(29-3)14-12-17/h7-14,19-20,27H,4-6H2,1-3H3/t19-,20+/m1/s1. The van der Waals surface area contributed by atoms with Gasteiger partial charge in [-0.05, 0) is 48.4 Å². The Morgan fingerprint density at radius 1 is 1.10 bits per heavy atom. The lowest BCUT2D eigenvalue weighted by molar-refractivity contribution is -0.137. The number of aliphatic hydroxyl groups is 1. The van der Waals surface area contributed by atoms with Gasteiger partial charge >= 0.3 is 6.18 Å². The first-order valence-electron chi connectivity index (χ1n) is 9.45. The predicted octanol–water partition coefficient (Wildman–Crippen LogP) is 5.22. The summed E-state index contributed by atoms with van der Waals surface area (Å²) < 4.78 is 43.5. The van der Waals surface area contributed by atoms with Crippen molar-refractivity contribution in [2.75, 3.05) is 19.1 Å². The number of methoxy groups -OCH3 is 1. The second kappa shape index (κ2) is 9.78. The Bertz CT molecular complexity index is 788. The van der Waals surface area contributed by atoms with Crippen molar-refractivity contribution in [1.82, 2.24) is 0 Å². The Hall–Kier alpha value is -2.54. The molecule has 0 aliphatic carbocycles. The van der Waals surface area contributed by atoms with Crippen LogP contribution in [0.4, 0.5) is 18.9 Å². The van der Waals surface area contributed by atoms with Crippen molar-refractivity contribution in [1.29, 1.82) is 0 Å². The molecular formula is C22H26F3NO3. The zero-order chi connectivity index (χ0) is 21.6. The molecule has 2 atom stereocenters. The molecule has 0 unspecified atom stereocenters. The minimum Gasteiger partial charge on any atom is -0.497 e. The molecule has 1 N–H and O–H groups in total. The molecule has 0 saturated carbocycles. The molecule has 2 rings (SSSR count). The number of hydrogen-bond acceptors (Lipinski definition) is 3. The second-order valence-electron chi connectivity index (χ2n) is 6.91. The van der Waals surface area contributed by atoms with Gasteiger partial charge < -0.3 is 14.7 Å². The summed E-state index contributed by atoms with van der Waals surface area (Å²) in [7, 11) is 3.16. The molecule has 0 saturated heterocycles. The van der Waals surface area contributed by atoms with Crippen LogP contribution in [0.3, 0.4) is 0 Å². The molecule has 4 nitrogen and oxygen atoms in total. The monoisotopic (exact) mass is 409 g/mol. The number of rotatable bonds is 8. The number of amides is 1. The lowest BCUT2D eigenvalue weighted by atomic mass is 9.89. The summed E-state index contributed by atoms with van der Waals surface area (Å²) in [6.07, 6.45) is -3.68. The van der Waals surface area contributed by atoms with Crippen LogP contribution in [0.15, 0.2) is 48.5 Å². The Labute approximate surface area is 168 Å². The summed E-state index contributed by atoms with van der Waals surface area (Å²) in [4.78, 5) is 14.6. The van der Waals surface area contributed by atoms with Gasteiger partial charge in [-0.15, -0.1) is 0 Å². The van der Waals surface area contributed by atoms with Crippen molar-refractivity contribution in [3.63, 3.8) is 0 Å². The maximum absolute atomic E-state index is 13.1. The number of alkyl halides is 3. The van der Waals surface area contributed by atoms with E-state index in [9.17, 15) is 23.1 Å². The van der Waals surface area contributed by atoms with Gasteiger partial charge in [-0.3, -0.25) is 4.79 Å². The zero-order valence-corrected chi connectivity index (χ0v) is 16.7. The van der Waals surface area contributed by atoms with E-state index in [4.69, 9.17) is 4.74 Å². The molecule has 0 aliphatic rings. The molecular weight excluding hydrogens is 383 g/mol. The number of aliphatic hydroxyl groups excluding tert-OH is 1. The number of anilines is 1. The van der Waals surface area contributed by atoms with Gasteiger partial charge in [-0.2, -0.15) is 13.2 Å². The molecule has 2 aromatic rings. The van der Waals surface area contributed by atoms with Crippen LogP contribution in [-0.2, 0) is 11.0 Å². The number of nitrogens with zero attached hydrogens (tertiary/aromatic N) is 1. The van der Waals surface area contributed by atoms with Crippen molar-refractivity contribution >= 4 is 11.6 Å². The third-order valence-corrected chi connectivity index (χ3v) is 4.94. The average molecular weight is 409 g/mol. The summed E-state index contributed by atoms with van der Waals surface area (Å²) in [6.45, 7) is 1.97. The molecule has 2 aromatic carbocycles. The molecule has 1 amide bonds. The van der Waals surface area contributed by atoms with Gasteiger partial charge in [-0.1, -0.05) is 31.9 Å². The summed E-state index contributed by atoms with van der Waals surface area (Å²) in [5.74, 6) is -0.406. The largest absolute Gasteiger partial charge is 0.497 e. The fraction of sp³-hybridized carbons (Fsp3) is 0.409. The summed E-state index contributed by atoms with van der Waals surface area (Å²) in [5.41, 5.74) is 0.132. The van der Waals surface area contributed by atoms with Crippen LogP contribution in [0, 0.1) is 5.92 Å². The van der Waals surface area contributed by atoms with Crippen molar-refractivity contribution < 1.29 is 27.8 Å². The van der Waals surface area contributed by atoms with Crippen LogP contribution in [-0.4, -0.2) is 25.2 Å². The number of benzene rings is 2. The molecule has 0 aromatic heterocycles. The Kier molecular flexibility index (Phi) is 7.67. The highest BCUT2D eigenvalue weighted by Gasteiger charge is 2.33. The quantitative estimate of drug-likeness (QED) is 0.651. The smallest absolute Gasteiger partial charge is 0.416 e. The fourth-order valence-corrected chi connectivity index (χ4v) is 3.12. The average Bonchev–Trinajstić information content (AvgIpc) is 2.72. The van der Waals surface area contributed by atoms with Gasteiger partial charge in [0.05, 0.1) is 24.7 Å². The second-order valence-corrected chi connectivity index (χ2v) is 6.91. The van der Waals surface area contributed by atoms with E-state index in [1.807, 2.05) is 6.92 Å². The molecule has 158 valence electrons. The summed E-state index contributed by atoms with van der Waals surface area (Å²) in [6, 6.07) is 11.2. The van der Waals surface area contributed by atoms with Crippen molar-refractivity contribution in [3.05, 3.63) is 59.7 Å². The van der Waals surface area contributed by atoms with Crippen molar-refractivity contribution in [3.8, 4) is 5.75 Å². The Morgan fingerprint density at radius 2 is 1.69 bits per heavy atom. The number of halogens is 3. The molecule has 0 fully saturated rings. The van der Waals surface area contributed by atoms with Crippen molar-refractivity contribution in [2.45, 2.75) is 38.5 Å². The van der Waals surface area contributed by atoms with E-state index in [0.717, 1.165) is 18.6 Å². The first-order chi connectivity index (χ1) is 13.7. The Morgan fingerprint density at radius 3 is 2.17 bits per heavy atom. The van der Waals surface area contributed by atoms with Gasteiger partial charge in [0.15, 0.2) is 0 Å². The van der Waals surface area contributed by atoms with E-state index in [1.54, 1.807) is 38.4 Å². The fourth-order valence-electron chi connectivity index (χ4n) is 3.12. The molecule has 0 bridgehead atoms. The zero-order valence-electron chi connectivity index (χ0n) is 16.7. The van der Waals surface area contributed by atoms with Crippen molar-refractivity contribution in [2.24, 2.45) is 5.92 Å². The number of ether oxygens (including phenoxy) is 1. The van der Waals surface area contributed by atoms with Crippen LogP contribution in [0.2, 0.25) is 0 Å². The highest BCUT2D eigenvalue weighted by Crippen LogP contribution is 2.33. The van der Waals surface area contributed by atoms with E-state index in [-0.39, 0.29) is 11.5 Å². The van der Waals surface area contributed by atoms with Gasteiger partial charge in [0, 0.05) is 12.7 Å². The maximum Gasteiger partial charge on any atom is 0.416 e. The van der Waals surface area contributed by atoms with Gasteiger partial charge in [0.2, 0.25) is 5.91 Å². The minimum atomic E-state index is -4.45. The highest BCUT2D eigenvalue weighted by atomic mass is 19.4. The maximum atomic E-state index is 13.1. The third-order valence-electron chi connectivity index (χ3n) is 4.94. The molecule has 0 radical (unpaired) electrons. The number of unbranched alkanes of at least 4 members (excludes halogenated alkanes) is 1. The lowest BCUT2D eigenvalue weighted by Gasteiger charge is -2.28. The number of hydrogen-bond donors (Lipinski definition) is 1. The van der Waals surface area contributed by atoms with E-state index >= 15 is 0 Å². The normalized spacial score (nSPS) is 13.6. The SMILES string of the molecule is CCCC[C@@H](C(=O)N(C)c1ccc(OC)cc1)[C@@H](O)c1ccc(C(F)(F)F)cc1. The third kappa shape index (κ3) is 5.73. The van der Waals surface area contributed by atoms with Crippen LogP contribution >= 0.6 is 0 Å². The molecule has 7 heteroatoms. The first-order valence-corrected chi connectivity index (χ1v) is 9.45. The van der Waals surface area contributed by atoms with Gasteiger partial charge in [0.1, 0.15) is 5.75 Å². The van der Waals surface area contributed by atoms with Gasteiger partial charge in [-0.25, -0.2) is 0 Å². The molecule has 0 aliphatic heterocycles. The van der Waals surface area contributed by atoms with E-state index in [1.165, 1.54) is 17.0 Å². The number of carbonyl (C=O) groups is 1. The first kappa shape index (κ1) is 22.7. The lowest BCUT2D eigenvalue weighted by Crippen LogP contribution is -2.36. The minimum absolute atomic E-state index is 0.288. The predicted molar refractivity (Wildman–Crippen MR) is 106 cm³/mol. The van der Waals surface area contributed by atoms with E-state index in [2.05, 4.69) is 0 Å². The number of carbonyl (C=O) groups excluding carboxylic acids is 1. The van der Waals surface area contributed by atoms with Crippen LogP contribution in [0.5, 0.6) is 5.75 Å². The van der Waals surface area contributed by atoms with E-state index < -0.39 is 23.8 Å². The van der Waals surface area contributed by atoms with Crippen LogP contribution < -0.4 is 9.64 Å². The molecule has 0 spiro atoms. The Balaban J connectivity index is 2.25. The van der Waals surface area contributed by atoms with Gasteiger partial charge in [0.25, 0.3) is 0 Å². The topological polar surface area (TPSA) is 49.8 Å². The van der Waals surface area contributed by atoms with Crippen LogP contribution in [0.25, 0.3) is 0 Å².